The number of aliphatic hydroxyl groups is 1. The maximum absolute atomic E-state index is 9.48. The predicted molar refractivity (Wildman–Crippen MR) is 51.1 cm³/mol. The van der Waals surface area contributed by atoms with Gasteiger partial charge in [-0.3, -0.25) is 0 Å². The molecule has 1 aromatic carbocycles. The molecule has 0 aliphatic carbocycles. The highest BCUT2D eigenvalue weighted by Crippen LogP contribution is 2.18. The highest BCUT2D eigenvalue weighted by Gasteiger charge is 2.04. The molecule has 0 aromatic heterocycles. The summed E-state index contributed by atoms with van der Waals surface area (Å²) in [6, 6.07) is 5.99. The first kappa shape index (κ1) is 9.01. The summed E-state index contributed by atoms with van der Waals surface area (Å²) >= 11 is 0. The number of benzene rings is 1. The molecule has 0 aliphatic heterocycles. The Balaban J connectivity index is 3.09. The zero-order valence-electron chi connectivity index (χ0n) is 7.54. The van der Waals surface area contributed by atoms with Crippen LogP contribution in [-0.2, 0) is 0 Å². The molecule has 0 bridgehead atoms. The molecule has 0 unspecified atom stereocenters. The number of aliphatic hydroxyl groups excluding tert-OH is 1. The predicted octanol–water partition coefficient (Wildman–Crippen LogP) is 2.52. The van der Waals surface area contributed by atoms with Gasteiger partial charge in [0, 0.05) is 0 Å². The van der Waals surface area contributed by atoms with Gasteiger partial charge in [0.1, 0.15) is 0 Å². The molecule has 1 aromatic rings. The fraction of sp³-hybridized carbons (Fsp3) is 0.273. The maximum atomic E-state index is 9.48. The molecule has 1 N–H and O–H groups in total. The number of aryl methyl sites for hydroxylation is 2. The molecular weight excluding hydrogens is 148 g/mol. The molecular formula is C11H14O. The van der Waals surface area contributed by atoms with Crippen LogP contribution in [0.2, 0.25) is 0 Å². The minimum absolute atomic E-state index is 0.536. The molecule has 12 heavy (non-hydrogen) atoms. The van der Waals surface area contributed by atoms with Crippen molar-refractivity contribution in [1.29, 1.82) is 0 Å². The van der Waals surface area contributed by atoms with Gasteiger partial charge in [-0.2, -0.15) is 0 Å². The van der Waals surface area contributed by atoms with Gasteiger partial charge in [-0.25, -0.2) is 0 Å². The van der Waals surface area contributed by atoms with Gasteiger partial charge < -0.3 is 5.11 Å². The van der Waals surface area contributed by atoms with Gasteiger partial charge in [0.15, 0.2) is 0 Å². The fourth-order valence-corrected chi connectivity index (χ4v) is 1.28. The van der Waals surface area contributed by atoms with Crippen molar-refractivity contribution in [2.24, 2.45) is 0 Å². The molecule has 0 spiro atoms. The Hall–Kier alpha value is -1.08. The molecule has 0 radical (unpaired) electrons. The maximum Gasteiger partial charge on any atom is 0.0971 e. The van der Waals surface area contributed by atoms with Crippen LogP contribution in [0, 0.1) is 13.8 Å². The summed E-state index contributed by atoms with van der Waals surface area (Å²) in [6.07, 6.45) is 1.00. The average Bonchev–Trinajstić information content (AvgIpc) is 2.03. The summed E-state index contributed by atoms with van der Waals surface area (Å²) in [5.41, 5.74) is 3.27. The molecule has 0 heterocycles. The lowest BCUT2D eigenvalue weighted by atomic mass is 10.0. The van der Waals surface area contributed by atoms with E-state index in [0.29, 0.717) is 0 Å². The topological polar surface area (TPSA) is 20.2 Å². The largest absolute Gasteiger partial charge is 0.384 e. The Labute approximate surface area is 73.4 Å². The van der Waals surface area contributed by atoms with Gasteiger partial charge in [0.2, 0.25) is 0 Å². The Morgan fingerprint density at radius 2 is 2.08 bits per heavy atom. The van der Waals surface area contributed by atoms with Crippen LogP contribution < -0.4 is 0 Å². The van der Waals surface area contributed by atoms with E-state index in [-0.39, 0.29) is 0 Å². The molecule has 0 saturated carbocycles. The molecule has 0 amide bonds. The third-order valence-corrected chi connectivity index (χ3v) is 1.97. The Kier molecular flexibility index (Phi) is 2.66. The van der Waals surface area contributed by atoms with Crippen LogP contribution in [0.15, 0.2) is 30.9 Å². The second-order valence-electron chi connectivity index (χ2n) is 3.04. The van der Waals surface area contributed by atoms with Gasteiger partial charge in [-0.1, -0.05) is 29.8 Å². The van der Waals surface area contributed by atoms with Gasteiger partial charge in [-0.05, 0) is 25.0 Å². The molecule has 1 rings (SSSR count). The molecule has 1 nitrogen and oxygen atoms in total. The van der Waals surface area contributed by atoms with Crippen LogP contribution in [0.5, 0.6) is 0 Å². The van der Waals surface area contributed by atoms with Crippen LogP contribution in [0.25, 0.3) is 0 Å². The molecule has 1 atom stereocenters. The molecule has 64 valence electrons. The molecule has 0 saturated heterocycles. The Morgan fingerprint density at radius 3 is 2.58 bits per heavy atom. The normalized spacial score (nSPS) is 12.6. The first-order valence-corrected chi connectivity index (χ1v) is 4.03. The zero-order valence-corrected chi connectivity index (χ0v) is 7.54. The van der Waals surface area contributed by atoms with Crippen molar-refractivity contribution in [1.82, 2.24) is 0 Å². The third-order valence-electron chi connectivity index (χ3n) is 1.97. The second kappa shape index (κ2) is 3.55. The van der Waals surface area contributed by atoms with E-state index in [1.807, 2.05) is 26.0 Å². The van der Waals surface area contributed by atoms with Crippen molar-refractivity contribution in [3.8, 4) is 0 Å². The van der Waals surface area contributed by atoms with E-state index in [4.69, 9.17) is 0 Å². The SMILES string of the molecule is C=C[C@@H](O)c1ccc(C)cc1C. The molecule has 1 heteroatoms. The van der Waals surface area contributed by atoms with E-state index in [9.17, 15) is 5.11 Å². The van der Waals surface area contributed by atoms with E-state index in [2.05, 4.69) is 12.6 Å². The lowest BCUT2D eigenvalue weighted by Gasteiger charge is -2.09. The van der Waals surface area contributed by atoms with Gasteiger partial charge >= 0.3 is 0 Å². The zero-order chi connectivity index (χ0) is 9.14. The third kappa shape index (κ3) is 1.74. The van der Waals surface area contributed by atoms with Crippen LogP contribution in [0.1, 0.15) is 22.8 Å². The van der Waals surface area contributed by atoms with E-state index in [0.717, 1.165) is 11.1 Å². The number of hydrogen-bond acceptors (Lipinski definition) is 1. The number of rotatable bonds is 2. The van der Waals surface area contributed by atoms with E-state index >= 15 is 0 Å². The highest BCUT2D eigenvalue weighted by molar-refractivity contribution is 5.33. The fourth-order valence-electron chi connectivity index (χ4n) is 1.28. The summed E-state index contributed by atoms with van der Waals surface area (Å²) in [5.74, 6) is 0. The van der Waals surface area contributed by atoms with Crippen LogP contribution in [0.4, 0.5) is 0 Å². The summed E-state index contributed by atoms with van der Waals surface area (Å²) in [7, 11) is 0. The average molecular weight is 162 g/mol. The van der Waals surface area contributed by atoms with Crippen molar-refractivity contribution in [2.45, 2.75) is 20.0 Å². The van der Waals surface area contributed by atoms with E-state index in [1.165, 1.54) is 11.6 Å². The first-order valence-electron chi connectivity index (χ1n) is 4.03. The minimum atomic E-state index is -0.536. The van der Waals surface area contributed by atoms with Crippen molar-refractivity contribution in [2.75, 3.05) is 0 Å². The van der Waals surface area contributed by atoms with E-state index < -0.39 is 6.10 Å². The lowest BCUT2D eigenvalue weighted by Crippen LogP contribution is -1.95. The summed E-state index contributed by atoms with van der Waals surface area (Å²) in [5, 5.41) is 9.48. The van der Waals surface area contributed by atoms with Gasteiger partial charge in [-0.15, -0.1) is 6.58 Å². The van der Waals surface area contributed by atoms with Crippen molar-refractivity contribution in [3.05, 3.63) is 47.5 Å². The molecule has 0 fully saturated rings. The first-order chi connectivity index (χ1) is 5.65. The molecule has 0 aliphatic rings. The van der Waals surface area contributed by atoms with Crippen molar-refractivity contribution >= 4 is 0 Å². The second-order valence-corrected chi connectivity index (χ2v) is 3.04. The van der Waals surface area contributed by atoms with Crippen LogP contribution >= 0.6 is 0 Å². The highest BCUT2D eigenvalue weighted by atomic mass is 16.3. The number of hydrogen-bond donors (Lipinski definition) is 1. The van der Waals surface area contributed by atoms with Gasteiger partial charge in [0.05, 0.1) is 6.10 Å². The summed E-state index contributed by atoms with van der Waals surface area (Å²) in [4.78, 5) is 0. The van der Waals surface area contributed by atoms with Crippen molar-refractivity contribution < 1.29 is 5.11 Å². The Bertz CT molecular complexity index is 289. The summed E-state index contributed by atoms with van der Waals surface area (Å²) in [6.45, 7) is 7.58. The summed E-state index contributed by atoms with van der Waals surface area (Å²) < 4.78 is 0. The minimum Gasteiger partial charge on any atom is -0.384 e. The standard InChI is InChI=1S/C11H14O/c1-4-11(12)10-6-5-8(2)7-9(10)3/h4-7,11-12H,1H2,2-3H3/t11-/m1/s1. The Morgan fingerprint density at radius 1 is 1.42 bits per heavy atom. The quantitative estimate of drug-likeness (QED) is 0.662. The monoisotopic (exact) mass is 162 g/mol. The van der Waals surface area contributed by atoms with Gasteiger partial charge in [0.25, 0.3) is 0 Å². The van der Waals surface area contributed by atoms with Crippen molar-refractivity contribution in [3.63, 3.8) is 0 Å². The van der Waals surface area contributed by atoms with Crippen LogP contribution in [0.3, 0.4) is 0 Å². The lowest BCUT2D eigenvalue weighted by molar-refractivity contribution is 0.228. The smallest absolute Gasteiger partial charge is 0.0971 e. The van der Waals surface area contributed by atoms with E-state index in [1.54, 1.807) is 0 Å². The van der Waals surface area contributed by atoms with Crippen LogP contribution in [-0.4, -0.2) is 5.11 Å².